The third kappa shape index (κ3) is 8.35. The Kier molecular flexibility index (Phi) is 9.46. The molecule has 15 heavy (non-hydrogen) atoms. The SMILES string of the molecule is CCC(OCCCOCCOC)C(N)=O. The Morgan fingerprint density at radius 1 is 1.27 bits per heavy atom. The highest BCUT2D eigenvalue weighted by Gasteiger charge is 2.11. The van der Waals surface area contributed by atoms with Crippen LogP contribution in [0.5, 0.6) is 0 Å². The van der Waals surface area contributed by atoms with E-state index in [9.17, 15) is 4.79 Å². The topological polar surface area (TPSA) is 70.8 Å². The average molecular weight is 219 g/mol. The summed E-state index contributed by atoms with van der Waals surface area (Å²) >= 11 is 0. The summed E-state index contributed by atoms with van der Waals surface area (Å²) in [5.41, 5.74) is 5.12. The van der Waals surface area contributed by atoms with E-state index in [1.807, 2.05) is 6.92 Å². The number of hydrogen-bond donors (Lipinski definition) is 1. The van der Waals surface area contributed by atoms with E-state index in [2.05, 4.69) is 0 Å². The molecule has 0 aromatic heterocycles. The molecule has 0 radical (unpaired) electrons. The Morgan fingerprint density at radius 3 is 2.53 bits per heavy atom. The summed E-state index contributed by atoms with van der Waals surface area (Å²) in [6.45, 7) is 4.15. The Hall–Kier alpha value is -0.650. The van der Waals surface area contributed by atoms with E-state index in [4.69, 9.17) is 19.9 Å². The van der Waals surface area contributed by atoms with Gasteiger partial charge in [-0.3, -0.25) is 4.79 Å². The van der Waals surface area contributed by atoms with Crippen molar-refractivity contribution in [2.75, 3.05) is 33.5 Å². The van der Waals surface area contributed by atoms with E-state index < -0.39 is 12.0 Å². The molecule has 1 atom stereocenters. The smallest absolute Gasteiger partial charge is 0.246 e. The molecule has 5 heteroatoms. The largest absolute Gasteiger partial charge is 0.382 e. The van der Waals surface area contributed by atoms with Crippen molar-refractivity contribution in [1.29, 1.82) is 0 Å². The fourth-order valence-corrected chi connectivity index (χ4v) is 1.03. The number of carbonyl (C=O) groups is 1. The van der Waals surface area contributed by atoms with Crippen molar-refractivity contribution in [2.24, 2.45) is 5.73 Å². The van der Waals surface area contributed by atoms with Gasteiger partial charge in [-0.1, -0.05) is 6.92 Å². The van der Waals surface area contributed by atoms with Gasteiger partial charge in [-0.25, -0.2) is 0 Å². The Labute approximate surface area is 90.9 Å². The van der Waals surface area contributed by atoms with Crippen LogP contribution in [0.2, 0.25) is 0 Å². The van der Waals surface area contributed by atoms with E-state index in [0.29, 0.717) is 32.8 Å². The molecule has 0 aliphatic carbocycles. The van der Waals surface area contributed by atoms with E-state index in [0.717, 1.165) is 6.42 Å². The number of primary amides is 1. The fourth-order valence-electron chi connectivity index (χ4n) is 1.03. The zero-order chi connectivity index (χ0) is 11.5. The van der Waals surface area contributed by atoms with E-state index in [-0.39, 0.29) is 0 Å². The molecule has 90 valence electrons. The maximum Gasteiger partial charge on any atom is 0.246 e. The van der Waals surface area contributed by atoms with Gasteiger partial charge in [0.05, 0.1) is 13.2 Å². The van der Waals surface area contributed by atoms with Crippen molar-refractivity contribution in [3.63, 3.8) is 0 Å². The zero-order valence-electron chi connectivity index (χ0n) is 9.53. The summed E-state index contributed by atoms with van der Waals surface area (Å²) in [6.07, 6.45) is 0.900. The number of rotatable bonds is 10. The van der Waals surface area contributed by atoms with Gasteiger partial charge >= 0.3 is 0 Å². The monoisotopic (exact) mass is 219 g/mol. The van der Waals surface area contributed by atoms with Crippen molar-refractivity contribution in [3.05, 3.63) is 0 Å². The second-order valence-electron chi connectivity index (χ2n) is 3.13. The lowest BCUT2D eigenvalue weighted by atomic mass is 10.2. The molecule has 0 aliphatic rings. The molecule has 0 fully saturated rings. The molecule has 0 rings (SSSR count). The van der Waals surface area contributed by atoms with Crippen molar-refractivity contribution in [2.45, 2.75) is 25.9 Å². The Balaban J connectivity index is 3.25. The molecule has 0 spiro atoms. The zero-order valence-corrected chi connectivity index (χ0v) is 9.53. The number of amides is 1. The van der Waals surface area contributed by atoms with Crippen molar-refractivity contribution < 1.29 is 19.0 Å². The van der Waals surface area contributed by atoms with Crippen molar-refractivity contribution in [1.82, 2.24) is 0 Å². The van der Waals surface area contributed by atoms with Gasteiger partial charge in [0.25, 0.3) is 0 Å². The molecule has 0 heterocycles. The van der Waals surface area contributed by atoms with Gasteiger partial charge < -0.3 is 19.9 Å². The van der Waals surface area contributed by atoms with Crippen LogP contribution in [0.3, 0.4) is 0 Å². The Morgan fingerprint density at radius 2 is 2.00 bits per heavy atom. The first-order valence-electron chi connectivity index (χ1n) is 5.20. The predicted molar refractivity (Wildman–Crippen MR) is 56.5 cm³/mol. The van der Waals surface area contributed by atoms with Crippen LogP contribution in [-0.2, 0) is 19.0 Å². The Bertz CT molecular complexity index is 164. The molecule has 0 saturated heterocycles. The minimum atomic E-state index is -0.469. The molecule has 0 aromatic rings. The predicted octanol–water partition coefficient (Wildman–Crippen LogP) is 0.320. The second kappa shape index (κ2) is 9.89. The van der Waals surface area contributed by atoms with E-state index in [1.165, 1.54) is 0 Å². The molecule has 5 nitrogen and oxygen atoms in total. The molecule has 0 aromatic carbocycles. The van der Waals surface area contributed by atoms with Crippen molar-refractivity contribution in [3.8, 4) is 0 Å². The minimum absolute atomic E-state index is 0.405. The number of carbonyl (C=O) groups excluding carboxylic acids is 1. The molecule has 1 amide bonds. The van der Waals surface area contributed by atoms with Gasteiger partial charge in [-0.2, -0.15) is 0 Å². The highest BCUT2D eigenvalue weighted by Crippen LogP contribution is 1.98. The first-order chi connectivity index (χ1) is 7.22. The minimum Gasteiger partial charge on any atom is -0.382 e. The molecule has 0 aliphatic heterocycles. The van der Waals surface area contributed by atoms with Crippen LogP contribution in [0, 0.1) is 0 Å². The summed E-state index contributed by atoms with van der Waals surface area (Å²) in [4.78, 5) is 10.8. The van der Waals surface area contributed by atoms with Gasteiger partial charge in [0.1, 0.15) is 6.10 Å². The number of hydrogen-bond acceptors (Lipinski definition) is 4. The summed E-state index contributed by atoms with van der Waals surface area (Å²) in [7, 11) is 1.63. The number of methoxy groups -OCH3 is 1. The summed E-state index contributed by atoms with van der Waals surface area (Å²) in [5.74, 6) is -0.405. The maximum absolute atomic E-state index is 10.8. The van der Waals surface area contributed by atoms with Crippen LogP contribution >= 0.6 is 0 Å². The number of ether oxygens (including phenoxy) is 3. The molecular weight excluding hydrogens is 198 g/mol. The van der Waals surface area contributed by atoms with E-state index in [1.54, 1.807) is 7.11 Å². The van der Waals surface area contributed by atoms with Crippen LogP contribution in [0.1, 0.15) is 19.8 Å². The standard InChI is InChI=1S/C10H21NO4/c1-3-9(10(11)12)15-6-4-5-14-8-7-13-2/h9H,3-8H2,1-2H3,(H2,11,12). The van der Waals surface area contributed by atoms with Gasteiger partial charge in [0, 0.05) is 20.3 Å². The summed E-state index contributed by atoms with van der Waals surface area (Å²) in [5, 5.41) is 0. The summed E-state index contributed by atoms with van der Waals surface area (Å²) < 4.78 is 15.3. The second-order valence-corrected chi connectivity index (χ2v) is 3.13. The average Bonchev–Trinajstić information content (AvgIpc) is 2.21. The van der Waals surface area contributed by atoms with Gasteiger partial charge in [0.2, 0.25) is 5.91 Å². The molecule has 0 bridgehead atoms. The van der Waals surface area contributed by atoms with E-state index >= 15 is 0 Å². The van der Waals surface area contributed by atoms with Crippen LogP contribution < -0.4 is 5.73 Å². The molecular formula is C10H21NO4. The van der Waals surface area contributed by atoms with Crippen LogP contribution in [0.4, 0.5) is 0 Å². The third-order valence-electron chi connectivity index (χ3n) is 1.87. The fraction of sp³-hybridized carbons (Fsp3) is 0.900. The number of nitrogens with two attached hydrogens (primary N) is 1. The normalized spacial score (nSPS) is 12.7. The lowest BCUT2D eigenvalue weighted by Gasteiger charge is -2.12. The molecule has 2 N–H and O–H groups in total. The molecule has 0 saturated carbocycles. The quantitative estimate of drug-likeness (QED) is 0.537. The molecule has 1 unspecified atom stereocenters. The lowest BCUT2D eigenvalue weighted by Crippen LogP contribution is -2.31. The lowest BCUT2D eigenvalue weighted by molar-refractivity contribution is -0.129. The van der Waals surface area contributed by atoms with Crippen LogP contribution in [0.15, 0.2) is 0 Å². The van der Waals surface area contributed by atoms with Crippen LogP contribution in [0.25, 0.3) is 0 Å². The maximum atomic E-state index is 10.8. The van der Waals surface area contributed by atoms with Gasteiger partial charge in [-0.15, -0.1) is 0 Å². The third-order valence-corrected chi connectivity index (χ3v) is 1.87. The van der Waals surface area contributed by atoms with Gasteiger partial charge in [0.15, 0.2) is 0 Å². The van der Waals surface area contributed by atoms with Gasteiger partial charge in [-0.05, 0) is 12.8 Å². The van der Waals surface area contributed by atoms with Crippen molar-refractivity contribution >= 4 is 5.91 Å². The first-order valence-corrected chi connectivity index (χ1v) is 5.20. The highest BCUT2D eigenvalue weighted by molar-refractivity contribution is 5.78. The van der Waals surface area contributed by atoms with Crippen LogP contribution in [-0.4, -0.2) is 45.5 Å². The highest BCUT2D eigenvalue weighted by atomic mass is 16.5. The first kappa shape index (κ1) is 14.3. The summed E-state index contributed by atoms with van der Waals surface area (Å²) in [6, 6.07) is 0.